The molecule has 1 aromatic carbocycles. The highest BCUT2D eigenvalue weighted by Crippen LogP contribution is 2.33. The van der Waals surface area contributed by atoms with Crippen molar-refractivity contribution < 1.29 is 4.79 Å². The number of hydrogen-bond acceptors (Lipinski definition) is 4. The topological polar surface area (TPSA) is 70.0 Å². The fraction of sp³-hybridized carbons (Fsp3) is 0.400. The van der Waals surface area contributed by atoms with Crippen LogP contribution in [0, 0.1) is 0 Å². The van der Waals surface area contributed by atoms with Crippen LogP contribution >= 0.6 is 0 Å². The lowest BCUT2D eigenvalue weighted by Gasteiger charge is -2.34. The number of fused-ring (bicyclic) bond motifs is 3. The van der Waals surface area contributed by atoms with Gasteiger partial charge >= 0.3 is 0 Å². The van der Waals surface area contributed by atoms with E-state index in [4.69, 9.17) is 4.98 Å². The van der Waals surface area contributed by atoms with Crippen LogP contribution in [0.2, 0.25) is 0 Å². The van der Waals surface area contributed by atoms with E-state index in [1.807, 2.05) is 17.3 Å². The molecule has 2 saturated heterocycles. The van der Waals surface area contributed by atoms with Crippen LogP contribution in [0.4, 0.5) is 0 Å². The van der Waals surface area contributed by atoms with Gasteiger partial charge in [0, 0.05) is 50.2 Å². The molecule has 7 nitrogen and oxygen atoms in total. The minimum absolute atomic E-state index is 0.242. The Morgan fingerprint density at radius 1 is 1.03 bits per heavy atom. The average Bonchev–Trinajstić information content (AvgIpc) is 3.53. The monoisotopic (exact) mass is 428 g/mol. The molecule has 32 heavy (non-hydrogen) atoms. The minimum atomic E-state index is 0.242. The van der Waals surface area contributed by atoms with Gasteiger partial charge in [0.1, 0.15) is 17.0 Å². The predicted molar refractivity (Wildman–Crippen MR) is 124 cm³/mol. The molecule has 164 valence electrons. The molecular formula is C25H28N6O. The summed E-state index contributed by atoms with van der Waals surface area (Å²) in [4.78, 5) is 29.6. The van der Waals surface area contributed by atoms with Crippen LogP contribution in [0.1, 0.15) is 43.1 Å². The number of aromatic amines is 1. The van der Waals surface area contributed by atoms with Crippen molar-refractivity contribution in [1.82, 2.24) is 29.3 Å². The van der Waals surface area contributed by atoms with Gasteiger partial charge in [0.05, 0.1) is 18.3 Å². The number of amides is 1. The fourth-order valence-corrected chi connectivity index (χ4v) is 5.36. The molecule has 6 rings (SSSR count). The normalized spacial score (nSPS) is 18.4. The zero-order valence-electron chi connectivity index (χ0n) is 18.2. The number of nitrogens with one attached hydrogen (secondary N) is 1. The van der Waals surface area contributed by atoms with Crippen molar-refractivity contribution in [2.45, 2.75) is 44.8 Å². The number of benzene rings is 1. The first kappa shape index (κ1) is 19.5. The number of aromatic nitrogens is 4. The van der Waals surface area contributed by atoms with Crippen molar-refractivity contribution in [2.75, 3.05) is 19.6 Å². The van der Waals surface area contributed by atoms with Crippen LogP contribution in [0.15, 0.2) is 48.8 Å². The molecule has 0 radical (unpaired) electrons. The molecule has 1 amide bonds. The largest absolute Gasteiger partial charge is 0.346 e. The van der Waals surface area contributed by atoms with E-state index in [1.54, 1.807) is 0 Å². The number of carbonyl (C=O) groups is 1. The first-order valence-corrected chi connectivity index (χ1v) is 11.6. The highest BCUT2D eigenvalue weighted by molar-refractivity contribution is 6.01. The molecule has 0 unspecified atom stereocenters. The zero-order chi connectivity index (χ0) is 21.5. The number of hydrogen-bond donors (Lipinski definition) is 1. The van der Waals surface area contributed by atoms with Crippen molar-refractivity contribution in [2.24, 2.45) is 0 Å². The van der Waals surface area contributed by atoms with Gasteiger partial charge in [0.25, 0.3) is 0 Å². The molecule has 3 aromatic heterocycles. The molecule has 4 aromatic rings. The second-order valence-corrected chi connectivity index (χ2v) is 9.04. The summed E-state index contributed by atoms with van der Waals surface area (Å²) in [6.45, 7) is 4.53. The van der Waals surface area contributed by atoms with Crippen molar-refractivity contribution >= 4 is 28.0 Å². The molecule has 0 bridgehead atoms. The predicted octanol–water partition coefficient (Wildman–Crippen LogP) is 3.87. The smallest absolute Gasteiger partial charge is 0.223 e. The minimum Gasteiger partial charge on any atom is -0.346 e. The molecule has 2 fully saturated rings. The van der Waals surface area contributed by atoms with Crippen molar-refractivity contribution in [3.05, 3.63) is 60.2 Å². The van der Waals surface area contributed by atoms with Gasteiger partial charge in [0.15, 0.2) is 0 Å². The Bertz CT molecular complexity index is 1250. The molecule has 2 aliphatic heterocycles. The molecule has 0 spiro atoms. The Labute approximate surface area is 187 Å². The molecule has 0 atom stereocenters. The van der Waals surface area contributed by atoms with Crippen molar-refractivity contribution in [3.63, 3.8) is 0 Å². The number of piperidine rings is 1. The van der Waals surface area contributed by atoms with Crippen LogP contribution in [-0.2, 0) is 17.9 Å². The third kappa shape index (κ3) is 3.46. The summed E-state index contributed by atoms with van der Waals surface area (Å²) in [5, 5.41) is 1.11. The second kappa shape index (κ2) is 8.06. The van der Waals surface area contributed by atoms with Crippen LogP contribution < -0.4 is 0 Å². The Hall–Kier alpha value is -3.19. The maximum absolute atomic E-state index is 12.3. The van der Waals surface area contributed by atoms with E-state index in [2.05, 4.69) is 55.8 Å². The molecule has 5 heterocycles. The first-order valence-electron chi connectivity index (χ1n) is 11.6. The van der Waals surface area contributed by atoms with E-state index in [-0.39, 0.29) is 5.91 Å². The summed E-state index contributed by atoms with van der Waals surface area (Å²) in [5.41, 5.74) is 4.33. The summed E-state index contributed by atoms with van der Waals surface area (Å²) >= 11 is 0. The van der Waals surface area contributed by atoms with E-state index in [0.717, 1.165) is 73.3 Å². The summed E-state index contributed by atoms with van der Waals surface area (Å²) in [6, 6.07) is 13.2. The van der Waals surface area contributed by atoms with Crippen molar-refractivity contribution in [3.8, 4) is 0 Å². The Morgan fingerprint density at radius 2 is 1.88 bits per heavy atom. The Balaban J connectivity index is 1.32. The average molecular weight is 429 g/mol. The molecule has 2 aliphatic rings. The van der Waals surface area contributed by atoms with Crippen LogP contribution in [0.25, 0.3) is 22.1 Å². The van der Waals surface area contributed by atoms with Gasteiger partial charge in [-0.1, -0.05) is 30.3 Å². The standard InChI is InChI=1S/C25H28N6O/c32-23-7-4-12-30(23)17-22-28-21-15-27-25-20(8-11-26-25)24(21)31(22)19-9-13-29(14-10-19)16-18-5-2-1-3-6-18/h1-3,5-6,8,11,15,19H,4,7,9-10,12-14,16-17H2,(H,26,27). The lowest BCUT2D eigenvalue weighted by atomic mass is 10.0. The number of imidazole rings is 1. The van der Waals surface area contributed by atoms with Gasteiger partial charge < -0.3 is 14.5 Å². The summed E-state index contributed by atoms with van der Waals surface area (Å²) < 4.78 is 2.43. The van der Waals surface area contributed by atoms with Crippen molar-refractivity contribution in [1.29, 1.82) is 0 Å². The quantitative estimate of drug-likeness (QED) is 0.524. The van der Waals surface area contributed by atoms with Crippen LogP contribution in [0.3, 0.4) is 0 Å². The third-order valence-electron chi connectivity index (χ3n) is 6.98. The zero-order valence-corrected chi connectivity index (χ0v) is 18.2. The van der Waals surface area contributed by atoms with Gasteiger partial charge in [0.2, 0.25) is 5.91 Å². The summed E-state index contributed by atoms with van der Waals surface area (Å²) in [6.07, 6.45) is 7.56. The molecule has 7 heteroatoms. The molecular weight excluding hydrogens is 400 g/mol. The van der Waals surface area contributed by atoms with E-state index in [9.17, 15) is 4.79 Å². The van der Waals surface area contributed by atoms with Crippen LogP contribution in [0.5, 0.6) is 0 Å². The number of carbonyl (C=O) groups excluding carboxylic acids is 1. The third-order valence-corrected chi connectivity index (χ3v) is 6.98. The van der Waals surface area contributed by atoms with Gasteiger partial charge in [-0.2, -0.15) is 0 Å². The number of rotatable bonds is 5. The summed E-state index contributed by atoms with van der Waals surface area (Å²) in [7, 11) is 0. The lowest BCUT2D eigenvalue weighted by molar-refractivity contribution is -0.128. The van der Waals surface area contributed by atoms with Gasteiger partial charge in [-0.25, -0.2) is 9.97 Å². The second-order valence-electron chi connectivity index (χ2n) is 9.04. The van der Waals surface area contributed by atoms with E-state index >= 15 is 0 Å². The Morgan fingerprint density at radius 3 is 2.66 bits per heavy atom. The number of pyridine rings is 1. The number of likely N-dealkylation sites (tertiary alicyclic amines) is 2. The highest BCUT2D eigenvalue weighted by Gasteiger charge is 2.28. The van der Waals surface area contributed by atoms with Gasteiger partial charge in [-0.05, 0) is 30.9 Å². The fourth-order valence-electron chi connectivity index (χ4n) is 5.36. The highest BCUT2D eigenvalue weighted by atomic mass is 16.2. The van der Waals surface area contributed by atoms with Crippen LogP contribution in [-0.4, -0.2) is 54.9 Å². The van der Waals surface area contributed by atoms with E-state index in [1.165, 1.54) is 5.56 Å². The van der Waals surface area contributed by atoms with Gasteiger partial charge in [-0.15, -0.1) is 0 Å². The Kier molecular flexibility index (Phi) is 4.91. The van der Waals surface area contributed by atoms with E-state index in [0.29, 0.717) is 19.0 Å². The van der Waals surface area contributed by atoms with E-state index < -0.39 is 0 Å². The first-order chi connectivity index (χ1) is 15.8. The maximum atomic E-state index is 12.3. The summed E-state index contributed by atoms with van der Waals surface area (Å²) in [5.74, 6) is 1.23. The molecule has 0 saturated carbocycles. The lowest BCUT2D eigenvalue weighted by Crippen LogP contribution is -2.35. The van der Waals surface area contributed by atoms with Gasteiger partial charge in [-0.3, -0.25) is 9.69 Å². The molecule has 0 aliphatic carbocycles. The maximum Gasteiger partial charge on any atom is 0.223 e. The number of H-pyrrole nitrogens is 1. The number of nitrogens with zero attached hydrogens (tertiary/aromatic N) is 5. The SMILES string of the molecule is O=C1CCCN1Cc1nc2cnc3[nH]ccc3c2n1C1CCN(Cc2ccccc2)CC1. The molecule has 1 N–H and O–H groups in total.